The van der Waals surface area contributed by atoms with E-state index in [0.717, 1.165) is 12.0 Å². The minimum atomic E-state index is -3.48. The summed E-state index contributed by atoms with van der Waals surface area (Å²) in [5, 5.41) is 8.83. The molecule has 0 radical (unpaired) electrons. The van der Waals surface area contributed by atoms with E-state index < -0.39 is 10.2 Å². The molecule has 1 aromatic carbocycles. The predicted octanol–water partition coefficient (Wildman–Crippen LogP) is 0.650. The molecule has 19 heavy (non-hydrogen) atoms. The van der Waals surface area contributed by atoms with Crippen LogP contribution in [0.25, 0.3) is 0 Å². The molecule has 1 heterocycles. The third kappa shape index (κ3) is 3.54. The van der Waals surface area contributed by atoms with Crippen molar-refractivity contribution in [2.45, 2.75) is 32.4 Å². The van der Waals surface area contributed by atoms with Crippen molar-refractivity contribution in [1.29, 1.82) is 0 Å². The monoisotopic (exact) mass is 284 g/mol. The Morgan fingerprint density at radius 1 is 1.37 bits per heavy atom. The molecule has 5 nitrogen and oxygen atoms in total. The highest BCUT2D eigenvalue weighted by Gasteiger charge is 2.27. The highest BCUT2D eigenvalue weighted by atomic mass is 32.2. The fraction of sp³-hybridized carbons (Fsp3) is 0.538. The SMILES string of the molecule is CC(CCO)NS(=O)(=O)N1CCc2ccccc2C1. The van der Waals surface area contributed by atoms with Crippen molar-refractivity contribution in [3.63, 3.8) is 0 Å². The number of nitrogens with zero attached hydrogens (tertiary/aromatic N) is 1. The number of aliphatic hydroxyl groups excluding tert-OH is 1. The van der Waals surface area contributed by atoms with Gasteiger partial charge in [0.25, 0.3) is 10.2 Å². The van der Waals surface area contributed by atoms with Crippen LogP contribution in [0.1, 0.15) is 24.5 Å². The van der Waals surface area contributed by atoms with Crippen LogP contribution in [0, 0.1) is 0 Å². The molecule has 1 aliphatic heterocycles. The van der Waals surface area contributed by atoms with E-state index in [0.29, 0.717) is 19.5 Å². The van der Waals surface area contributed by atoms with Crippen molar-refractivity contribution in [3.8, 4) is 0 Å². The first-order chi connectivity index (χ1) is 9.03. The van der Waals surface area contributed by atoms with Crippen molar-refractivity contribution < 1.29 is 13.5 Å². The molecule has 1 aliphatic rings. The quantitative estimate of drug-likeness (QED) is 0.834. The molecule has 2 rings (SSSR count). The summed E-state index contributed by atoms with van der Waals surface area (Å²) >= 11 is 0. The van der Waals surface area contributed by atoms with Gasteiger partial charge in [0.1, 0.15) is 0 Å². The molecule has 1 atom stereocenters. The molecule has 0 aliphatic carbocycles. The minimum absolute atomic E-state index is 0.0213. The molecule has 0 bridgehead atoms. The first-order valence-electron chi connectivity index (χ1n) is 6.48. The van der Waals surface area contributed by atoms with Gasteiger partial charge in [-0.2, -0.15) is 17.4 Å². The van der Waals surface area contributed by atoms with Crippen LogP contribution < -0.4 is 4.72 Å². The van der Waals surface area contributed by atoms with Gasteiger partial charge in [-0.15, -0.1) is 0 Å². The van der Waals surface area contributed by atoms with Crippen LogP contribution in [0.5, 0.6) is 0 Å². The van der Waals surface area contributed by atoms with Gasteiger partial charge in [0, 0.05) is 25.7 Å². The van der Waals surface area contributed by atoms with Crippen LogP contribution in [0.2, 0.25) is 0 Å². The summed E-state index contributed by atoms with van der Waals surface area (Å²) < 4.78 is 28.5. The van der Waals surface area contributed by atoms with Crippen LogP contribution in [-0.4, -0.2) is 37.0 Å². The maximum atomic E-state index is 12.2. The lowest BCUT2D eigenvalue weighted by molar-refractivity contribution is 0.274. The molecule has 0 amide bonds. The van der Waals surface area contributed by atoms with E-state index in [9.17, 15) is 8.42 Å². The second-order valence-corrected chi connectivity index (χ2v) is 6.59. The lowest BCUT2D eigenvalue weighted by Crippen LogP contribution is -2.46. The third-order valence-corrected chi connectivity index (χ3v) is 5.04. The molecule has 0 saturated carbocycles. The minimum Gasteiger partial charge on any atom is -0.396 e. The standard InChI is InChI=1S/C13H20N2O3S/c1-11(7-9-16)14-19(17,18)15-8-6-12-4-2-3-5-13(12)10-15/h2-5,11,14,16H,6-10H2,1H3. The molecule has 1 aromatic rings. The second-order valence-electron chi connectivity index (χ2n) is 4.89. The van der Waals surface area contributed by atoms with E-state index in [4.69, 9.17) is 5.11 Å². The highest BCUT2D eigenvalue weighted by molar-refractivity contribution is 7.87. The van der Waals surface area contributed by atoms with Gasteiger partial charge in [0.05, 0.1) is 0 Å². The summed E-state index contributed by atoms with van der Waals surface area (Å²) in [6, 6.07) is 7.66. The molecule has 106 valence electrons. The Labute approximate surface area is 114 Å². The zero-order valence-electron chi connectivity index (χ0n) is 11.0. The summed E-state index contributed by atoms with van der Waals surface area (Å²) in [6.07, 6.45) is 1.16. The van der Waals surface area contributed by atoms with E-state index in [2.05, 4.69) is 4.72 Å². The van der Waals surface area contributed by atoms with Gasteiger partial charge in [0.2, 0.25) is 0 Å². The first kappa shape index (κ1) is 14.5. The van der Waals surface area contributed by atoms with Crippen molar-refractivity contribution in [2.24, 2.45) is 0 Å². The zero-order chi connectivity index (χ0) is 13.9. The molecular weight excluding hydrogens is 264 g/mol. The molecule has 0 fully saturated rings. The molecule has 0 spiro atoms. The van der Waals surface area contributed by atoms with Crippen LogP contribution in [0.4, 0.5) is 0 Å². The van der Waals surface area contributed by atoms with E-state index in [1.165, 1.54) is 9.87 Å². The lowest BCUT2D eigenvalue weighted by Gasteiger charge is -2.29. The molecule has 6 heteroatoms. The summed E-state index contributed by atoms with van der Waals surface area (Å²) in [7, 11) is -3.48. The van der Waals surface area contributed by atoms with Gasteiger partial charge in [-0.3, -0.25) is 0 Å². The Morgan fingerprint density at radius 2 is 2.05 bits per heavy atom. The summed E-state index contributed by atoms with van der Waals surface area (Å²) in [6.45, 7) is 2.65. The smallest absolute Gasteiger partial charge is 0.280 e. The Bertz CT molecular complexity index is 530. The Kier molecular flexibility index (Phi) is 4.57. The van der Waals surface area contributed by atoms with Crippen LogP contribution in [0.15, 0.2) is 24.3 Å². The average molecular weight is 284 g/mol. The Hall–Kier alpha value is -0.950. The van der Waals surface area contributed by atoms with Crippen molar-refractivity contribution in [3.05, 3.63) is 35.4 Å². The number of aliphatic hydroxyl groups is 1. The van der Waals surface area contributed by atoms with Crippen molar-refractivity contribution >= 4 is 10.2 Å². The fourth-order valence-electron chi connectivity index (χ4n) is 2.26. The zero-order valence-corrected chi connectivity index (χ0v) is 11.9. The maximum Gasteiger partial charge on any atom is 0.280 e. The molecule has 0 saturated heterocycles. The van der Waals surface area contributed by atoms with Gasteiger partial charge >= 0.3 is 0 Å². The van der Waals surface area contributed by atoms with Crippen LogP contribution in [0.3, 0.4) is 0 Å². The molecule has 1 unspecified atom stereocenters. The van der Waals surface area contributed by atoms with Crippen LogP contribution >= 0.6 is 0 Å². The maximum absolute atomic E-state index is 12.2. The number of nitrogens with one attached hydrogen (secondary N) is 1. The van der Waals surface area contributed by atoms with Crippen LogP contribution in [-0.2, 0) is 23.2 Å². The first-order valence-corrected chi connectivity index (χ1v) is 7.92. The topological polar surface area (TPSA) is 69.6 Å². The Balaban J connectivity index is 2.07. The highest BCUT2D eigenvalue weighted by Crippen LogP contribution is 2.20. The Morgan fingerprint density at radius 3 is 2.74 bits per heavy atom. The molecular formula is C13H20N2O3S. The normalized spacial score (nSPS) is 18.0. The molecule has 2 N–H and O–H groups in total. The summed E-state index contributed by atoms with van der Waals surface area (Å²) in [5.41, 5.74) is 2.28. The molecule has 0 aromatic heterocycles. The largest absolute Gasteiger partial charge is 0.396 e. The van der Waals surface area contributed by atoms with E-state index >= 15 is 0 Å². The number of hydrogen-bond acceptors (Lipinski definition) is 3. The second kappa shape index (κ2) is 6.00. The van der Waals surface area contributed by atoms with Gasteiger partial charge in [-0.1, -0.05) is 24.3 Å². The number of benzene rings is 1. The van der Waals surface area contributed by atoms with E-state index in [1.54, 1.807) is 6.92 Å². The summed E-state index contributed by atoms with van der Waals surface area (Å²) in [4.78, 5) is 0. The van der Waals surface area contributed by atoms with Gasteiger partial charge < -0.3 is 5.11 Å². The summed E-state index contributed by atoms with van der Waals surface area (Å²) in [5.74, 6) is 0. The average Bonchev–Trinajstić information content (AvgIpc) is 2.37. The van der Waals surface area contributed by atoms with Gasteiger partial charge in [-0.25, -0.2) is 0 Å². The van der Waals surface area contributed by atoms with Crippen molar-refractivity contribution in [1.82, 2.24) is 9.03 Å². The fourth-order valence-corrected chi connectivity index (χ4v) is 3.67. The van der Waals surface area contributed by atoms with E-state index in [1.807, 2.05) is 24.3 Å². The predicted molar refractivity (Wildman–Crippen MR) is 73.8 cm³/mol. The van der Waals surface area contributed by atoms with Gasteiger partial charge in [-0.05, 0) is 30.9 Å². The van der Waals surface area contributed by atoms with E-state index in [-0.39, 0.29) is 12.6 Å². The third-order valence-electron chi connectivity index (χ3n) is 3.35. The number of fused-ring (bicyclic) bond motifs is 1. The van der Waals surface area contributed by atoms with Crippen molar-refractivity contribution in [2.75, 3.05) is 13.2 Å². The number of rotatable bonds is 5. The van der Waals surface area contributed by atoms with Gasteiger partial charge in [0.15, 0.2) is 0 Å². The number of hydrogen-bond donors (Lipinski definition) is 2. The lowest BCUT2D eigenvalue weighted by atomic mass is 10.0.